The van der Waals surface area contributed by atoms with Gasteiger partial charge in [0.05, 0.1) is 23.2 Å². The van der Waals surface area contributed by atoms with Crippen molar-refractivity contribution in [1.82, 2.24) is 14.5 Å². The average Bonchev–Trinajstić information content (AvgIpc) is 3.31. The van der Waals surface area contributed by atoms with Gasteiger partial charge < -0.3 is 19.1 Å². The molecule has 0 N–H and O–H groups in total. The van der Waals surface area contributed by atoms with Gasteiger partial charge in [0.25, 0.3) is 0 Å². The second-order valence-corrected chi connectivity index (χ2v) is 10.6. The van der Waals surface area contributed by atoms with Gasteiger partial charge in [-0.05, 0) is 74.4 Å². The molecule has 1 aliphatic carbocycles. The molecule has 1 aliphatic heterocycles. The number of imidazole rings is 1. The van der Waals surface area contributed by atoms with Crippen molar-refractivity contribution in [3.05, 3.63) is 65.5 Å². The van der Waals surface area contributed by atoms with E-state index in [1.54, 1.807) is 32.2 Å². The van der Waals surface area contributed by atoms with Crippen LogP contribution in [0.25, 0.3) is 17.1 Å². The van der Waals surface area contributed by atoms with Crippen LogP contribution in [0.5, 0.6) is 0 Å². The van der Waals surface area contributed by atoms with E-state index in [2.05, 4.69) is 4.57 Å². The Hall–Kier alpha value is -3.59. The molecule has 2 amide bonds. The zero-order chi connectivity index (χ0) is 27.7. The summed E-state index contributed by atoms with van der Waals surface area (Å²) in [6, 6.07) is 9.27. The van der Waals surface area contributed by atoms with Gasteiger partial charge in [0.1, 0.15) is 5.82 Å². The predicted molar refractivity (Wildman–Crippen MR) is 146 cm³/mol. The van der Waals surface area contributed by atoms with E-state index >= 15 is 0 Å². The molecular weight excluding hydrogens is 502 g/mol. The minimum atomic E-state index is -0.986. The average molecular weight is 537 g/mol. The molecule has 39 heavy (non-hydrogen) atoms. The van der Waals surface area contributed by atoms with E-state index in [1.807, 2.05) is 18.2 Å². The number of likely N-dealkylation sites (N-methyl/N-ethyl adjacent to an activating group) is 1. The highest BCUT2D eigenvalue weighted by Crippen LogP contribution is 2.41. The van der Waals surface area contributed by atoms with Gasteiger partial charge in [-0.25, -0.2) is 13.8 Å². The highest BCUT2D eigenvalue weighted by Gasteiger charge is 2.36. The van der Waals surface area contributed by atoms with Crippen LogP contribution >= 0.6 is 0 Å². The molecule has 0 unspecified atom stereocenters. The summed E-state index contributed by atoms with van der Waals surface area (Å²) in [5, 5.41) is 0. The third-order valence-electron chi connectivity index (χ3n) is 7.87. The number of piperidine rings is 1. The lowest BCUT2D eigenvalue weighted by Crippen LogP contribution is -2.40. The first-order valence-electron chi connectivity index (χ1n) is 13.5. The normalized spacial score (nSPS) is 22.1. The van der Waals surface area contributed by atoms with Crippen LogP contribution in [0.1, 0.15) is 68.4 Å². The van der Waals surface area contributed by atoms with Crippen LogP contribution in [0, 0.1) is 11.6 Å². The Labute approximate surface area is 227 Å². The summed E-state index contributed by atoms with van der Waals surface area (Å²) in [4.78, 5) is 33.5. The molecular formula is C30H34F2N4O3. The molecule has 206 valence electrons. The quantitative estimate of drug-likeness (QED) is 0.373. The first-order chi connectivity index (χ1) is 18.8. The standard InChI is InChI=1S/C30H34F2N4O3/c1-34(2)28(37)16-8-19-7-15-26-25(17-19)33-30(36(26)20-9-12-22(39-3)13-10-20)27-5-4-6-29(38)35(27)21-11-14-23(31)24(32)18-21/h7-8,11,14-18,20,22,27H,4-6,9-10,12-13H2,1-3H3/b16-8+/t20-,22-,27-/m0/s1. The number of fused-ring (bicyclic) bond motifs is 1. The molecule has 5 rings (SSSR count). The Kier molecular flexibility index (Phi) is 7.79. The van der Waals surface area contributed by atoms with Crippen molar-refractivity contribution >= 4 is 34.6 Å². The lowest BCUT2D eigenvalue weighted by atomic mass is 9.91. The van der Waals surface area contributed by atoms with E-state index in [9.17, 15) is 18.4 Å². The predicted octanol–water partition coefficient (Wildman–Crippen LogP) is 5.80. The topological polar surface area (TPSA) is 67.7 Å². The van der Waals surface area contributed by atoms with Crippen molar-refractivity contribution in [3.63, 3.8) is 0 Å². The van der Waals surface area contributed by atoms with Crippen molar-refractivity contribution in [2.45, 2.75) is 63.1 Å². The lowest BCUT2D eigenvalue weighted by molar-refractivity contribution is -0.123. The smallest absolute Gasteiger partial charge is 0.246 e. The molecule has 1 saturated heterocycles. The summed E-state index contributed by atoms with van der Waals surface area (Å²) >= 11 is 0. The van der Waals surface area contributed by atoms with Gasteiger partial charge in [0, 0.05) is 51.5 Å². The third-order valence-corrected chi connectivity index (χ3v) is 7.87. The number of amides is 2. The van der Waals surface area contributed by atoms with Crippen molar-refractivity contribution in [2.75, 3.05) is 26.1 Å². The van der Waals surface area contributed by atoms with Crippen molar-refractivity contribution < 1.29 is 23.1 Å². The maximum atomic E-state index is 14.2. The number of rotatable bonds is 6. The largest absolute Gasteiger partial charge is 0.381 e. The molecule has 9 heteroatoms. The Morgan fingerprint density at radius 1 is 1.05 bits per heavy atom. The Morgan fingerprint density at radius 2 is 1.82 bits per heavy atom. The first-order valence-corrected chi connectivity index (χ1v) is 13.5. The molecule has 2 heterocycles. The van der Waals surface area contributed by atoms with Gasteiger partial charge >= 0.3 is 0 Å². The maximum absolute atomic E-state index is 14.2. The van der Waals surface area contributed by atoms with Gasteiger partial charge in [-0.15, -0.1) is 0 Å². The monoisotopic (exact) mass is 536 g/mol. The Balaban J connectivity index is 1.61. The number of aromatic nitrogens is 2. The van der Waals surface area contributed by atoms with Crippen LogP contribution < -0.4 is 4.90 Å². The summed E-state index contributed by atoms with van der Waals surface area (Å²) in [6.07, 6.45) is 8.84. The highest BCUT2D eigenvalue weighted by molar-refractivity contribution is 5.95. The number of methoxy groups -OCH3 is 1. The first kappa shape index (κ1) is 27.0. The fraction of sp³-hybridized carbons (Fsp3) is 0.433. The Morgan fingerprint density at radius 3 is 2.51 bits per heavy atom. The van der Waals surface area contributed by atoms with Crippen LogP contribution in [-0.2, 0) is 14.3 Å². The van der Waals surface area contributed by atoms with Crippen LogP contribution in [-0.4, -0.2) is 53.6 Å². The fourth-order valence-electron chi connectivity index (χ4n) is 5.79. The number of ether oxygens (including phenoxy) is 1. The van der Waals surface area contributed by atoms with Crippen molar-refractivity contribution in [2.24, 2.45) is 0 Å². The number of hydrogen-bond acceptors (Lipinski definition) is 4. The molecule has 1 saturated carbocycles. The lowest BCUT2D eigenvalue weighted by Gasteiger charge is -2.37. The van der Waals surface area contributed by atoms with Crippen molar-refractivity contribution in [1.29, 1.82) is 0 Å². The van der Waals surface area contributed by atoms with E-state index in [4.69, 9.17) is 9.72 Å². The van der Waals surface area contributed by atoms with E-state index in [0.29, 0.717) is 24.9 Å². The second-order valence-electron chi connectivity index (χ2n) is 10.6. The summed E-state index contributed by atoms with van der Waals surface area (Å²) in [6.45, 7) is 0. The van der Waals surface area contributed by atoms with Gasteiger partial charge in [-0.1, -0.05) is 6.07 Å². The van der Waals surface area contributed by atoms with E-state index in [1.165, 1.54) is 17.0 Å². The molecule has 0 bridgehead atoms. The van der Waals surface area contributed by atoms with Crippen LogP contribution in [0.3, 0.4) is 0 Å². The van der Waals surface area contributed by atoms with Gasteiger partial charge in [-0.2, -0.15) is 0 Å². The van der Waals surface area contributed by atoms with Gasteiger partial charge in [-0.3, -0.25) is 9.59 Å². The summed E-state index contributed by atoms with van der Waals surface area (Å²) < 4.78 is 35.8. The zero-order valence-corrected chi connectivity index (χ0v) is 22.6. The molecule has 2 aromatic carbocycles. The summed E-state index contributed by atoms with van der Waals surface area (Å²) in [5.41, 5.74) is 2.89. The molecule has 1 aromatic heterocycles. The number of benzene rings is 2. The number of carbonyl (C=O) groups excluding carboxylic acids is 2. The van der Waals surface area contributed by atoms with Gasteiger partial charge in [0.15, 0.2) is 11.6 Å². The number of halogens is 2. The van der Waals surface area contributed by atoms with Crippen LogP contribution in [0.2, 0.25) is 0 Å². The molecule has 2 aliphatic rings. The SMILES string of the molecule is CO[C@H]1CC[C@H](n2c([C@@H]3CCCC(=O)N3c3ccc(F)c(F)c3)nc3cc(/C=C/C(=O)N(C)C)ccc32)CC1. The Bertz CT molecular complexity index is 1410. The van der Waals surface area contributed by atoms with E-state index in [0.717, 1.165) is 60.2 Å². The number of hydrogen-bond donors (Lipinski definition) is 0. The number of nitrogens with zero attached hydrogens (tertiary/aromatic N) is 4. The number of anilines is 1. The number of carbonyl (C=O) groups is 2. The minimum Gasteiger partial charge on any atom is -0.381 e. The highest BCUT2D eigenvalue weighted by atomic mass is 19.2. The molecule has 2 fully saturated rings. The maximum Gasteiger partial charge on any atom is 0.246 e. The van der Waals surface area contributed by atoms with Crippen molar-refractivity contribution in [3.8, 4) is 0 Å². The molecule has 0 spiro atoms. The van der Waals surface area contributed by atoms with Crippen LogP contribution in [0.15, 0.2) is 42.5 Å². The molecule has 1 atom stereocenters. The second kappa shape index (κ2) is 11.3. The molecule has 3 aromatic rings. The molecule has 0 radical (unpaired) electrons. The fourth-order valence-corrected chi connectivity index (χ4v) is 5.79. The van der Waals surface area contributed by atoms with E-state index < -0.39 is 17.7 Å². The zero-order valence-electron chi connectivity index (χ0n) is 22.6. The minimum absolute atomic E-state index is 0.112. The summed E-state index contributed by atoms with van der Waals surface area (Å²) in [5.74, 6) is -1.44. The van der Waals surface area contributed by atoms with E-state index in [-0.39, 0.29) is 24.0 Å². The van der Waals surface area contributed by atoms with Gasteiger partial charge in [0.2, 0.25) is 11.8 Å². The third kappa shape index (κ3) is 5.45. The van der Waals surface area contributed by atoms with Crippen LogP contribution in [0.4, 0.5) is 14.5 Å². The molecule has 7 nitrogen and oxygen atoms in total. The summed E-state index contributed by atoms with van der Waals surface area (Å²) in [7, 11) is 5.14.